The van der Waals surface area contributed by atoms with Crippen molar-refractivity contribution in [1.29, 1.82) is 0 Å². The van der Waals surface area contributed by atoms with Crippen LogP contribution < -0.4 is 5.73 Å². The molecule has 4 nitrogen and oxygen atoms in total. The summed E-state index contributed by atoms with van der Waals surface area (Å²) in [5, 5.41) is 7.17. The molecule has 0 bridgehead atoms. The Labute approximate surface area is 84.3 Å². The number of nitrogens with zero attached hydrogens (tertiary/aromatic N) is 3. The van der Waals surface area contributed by atoms with Gasteiger partial charge in [-0.3, -0.25) is 0 Å². The van der Waals surface area contributed by atoms with E-state index in [1.165, 1.54) is 10.9 Å². The van der Waals surface area contributed by atoms with Crippen molar-refractivity contribution < 1.29 is 8.78 Å². The zero-order valence-electron chi connectivity index (χ0n) is 7.69. The minimum Gasteiger partial charge on any atom is -0.381 e. The lowest BCUT2D eigenvalue weighted by molar-refractivity contribution is 0.560. The van der Waals surface area contributed by atoms with Crippen molar-refractivity contribution >= 4 is 5.82 Å². The van der Waals surface area contributed by atoms with Crippen LogP contribution in [0.3, 0.4) is 0 Å². The summed E-state index contributed by atoms with van der Waals surface area (Å²) >= 11 is 0. The number of aromatic nitrogens is 3. The van der Waals surface area contributed by atoms with Gasteiger partial charge in [0.2, 0.25) is 0 Å². The summed E-state index contributed by atoms with van der Waals surface area (Å²) in [4.78, 5) is 0. The number of anilines is 1. The molecular formula is C9H8F2N4. The molecule has 78 valence electrons. The lowest BCUT2D eigenvalue weighted by Gasteiger charge is -2.02. The smallest absolute Gasteiger partial charge is 0.165 e. The molecule has 0 saturated carbocycles. The summed E-state index contributed by atoms with van der Waals surface area (Å²) in [7, 11) is 0. The number of hydrogen-bond donors (Lipinski definition) is 1. The maximum atomic E-state index is 13.2. The van der Waals surface area contributed by atoms with Crippen molar-refractivity contribution in [3.63, 3.8) is 0 Å². The predicted molar refractivity (Wildman–Crippen MR) is 49.9 cm³/mol. The topological polar surface area (TPSA) is 56.7 Å². The zero-order valence-corrected chi connectivity index (χ0v) is 7.69. The maximum absolute atomic E-state index is 13.2. The molecule has 1 aromatic carbocycles. The van der Waals surface area contributed by atoms with Gasteiger partial charge in [-0.05, 0) is 18.2 Å². The van der Waals surface area contributed by atoms with Gasteiger partial charge in [0.1, 0.15) is 11.6 Å². The van der Waals surface area contributed by atoms with Crippen LogP contribution in [-0.2, 0) is 6.54 Å². The second kappa shape index (κ2) is 3.64. The van der Waals surface area contributed by atoms with E-state index in [2.05, 4.69) is 10.3 Å². The lowest BCUT2D eigenvalue weighted by atomic mass is 10.2. The van der Waals surface area contributed by atoms with Crippen LogP contribution in [0.15, 0.2) is 24.4 Å². The zero-order chi connectivity index (χ0) is 10.8. The molecular weight excluding hydrogens is 202 g/mol. The summed E-state index contributed by atoms with van der Waals surface area (Å²) in [6.45, 7) is 0.105. The van der Waals surface area contributed by atoms with E-state index in [-0.39, 0.29) is 17.9 Å². The Morgan fingerprint density at radius 3 is 2.80 bits per heavy atom. The van der Waals surface area contributed by atoms with Gasteiger partial charge in [0.15, 0.2) is 5.82 Å². The number of halogens is 2. The molecule has 0 aliphatic heterocycles. The van der Waals surface area contributed by atoms with Gasteiger partial charge in [0.05, 0.1) is 12.7 Å². The third kappa shape index (κ3) is 2.09. The van der Waals surface area contributed by atoms with Crippen molar-refractivity contribution in [3.8, 4) is 0 Å². The van der Waals surface area contributed by atoms with Gasteiger partial charge in [0, 0.05) is 5.56 Å². The van der Waals surface area contributed by atoms with Crippen LogP contribution in [-0.4, -0.2) is 15.0 Å². The molecule has 0 fully saturated rings. The van der Waals surface area contributed by atoms with Crippen LogP contribution in [0.25, 0.3) is 0 Å². The van der Waals surface area contributed by atoms with Crippen molar-refractivity contribution in [2.24, 2.45) is 0 Å². The van der Waals surface area contributed by atoms with Crippen LogP contribution in [0, 0.1) is 11.6 Å². The maximum Gasteiger partial charge on any atom is 0.165 e. The average molecular weight is 210 g/mol. The van der Waals surface area contributed by atoms with E-state index in [0.29, 0.717) is 0 Å². The molecule has 0 amide bonds. The summed E-state index contributed by atoms with van der Waals surface area (Å²) in [6, 6.07) is 3.26. The Hall–Kier alpha value is -1.98. The van der Waals surface area contributed by atoms with Gasteiger partial charge in [0.25, 0.3) is 0 Å². The summed E-state index contributed by atoms with van der Waals surface area (Å²) < 4.78 is 27.4. The van der Waals surface area contributed by atoms with Gasteiger partial charge in [-0.1, -0.05) is 5.21 Å². The monoisotopic (exact) mass is 210 g/mol. The molecule has 6 heteroatoms. The quantitative estimate of drug-likeness (QED) is 0.809. The summed E-state index contributed by atoms with van der Waals surface area (Å²) in [6.07, 6.45) is 1.45. The second-order valence-corrected chi connectivity index (χ2v) is 3.08. The van der Waals surface area contributed by atoms with Gasteiger partial charge >= 0.3 is 0 Å². The Kier molecular flexibility index (Phi) is 2.32. The van der Waals surface area contributed by atoms with E-state index in [0.717, 1.165) is 18.2 Å². The average Bonchev–Trinajstić information content (AvgIpc) is 2.58. The van der Waals surface area contributed by atoms with Crippen LogP contribution in [0.5, 0.6) is 0 Å². The van der Waals surface area contributed by atoms with Crippen LogP contribution in [0.1, 0.15) is 5.56 Å². The van der Waals surface area contributed by atoms with Gasteiger partial charge in [-0.15, -0.1) is 5.10 Å². The molecule has 0 unspecified atom stereocenters. The van der Waals surface area contributed by atoms with Crippen molar-refractivity contribution in [2.75, 3.05) is 5.73 Å². The highest BCUT2D eigenvalue weighted by Crippen LogP contribution is 2.11. The first-order valence-corrected chi connectivity index (χ1v) is 4.24. The van der Waals surface area contributed by atoms with E-state index < -0.39 is 11.6 Å². The molecule has 0 radical (unpaired) electrons. The Morgan fingerprint density at radius 1 is 1.33 bits per heavy atom. The highest BCUT2D eigenvalue weighted by atomic mass is 19.1. The Morgan fingerprint density at radius 2 is 2.13 bits per heavy atom. The van der Waals surface area contributed by atoms with E-state index in [1.54, 1.807) is 0 Å². The third-order valence-electron chi connectivity index (χ3n) is 1.90. The number of nitrogens with two attached hydrogens (primary N) is 1. The molecule has 2 N–H and O–H groups in total. The minimum absolute atomic E-state index is 0.105. The van der Waals surface area contributed by atoms with Gasteiger partial charge in [-0.25, -0.2) is 13.5 Å². The SMILES string of the molecule is Nc1cn(Cc2cc(F)ccc2F)nn1. The van der Waals surface area contributed by atoms with Crippen LogP contribution >= 0.6 is 0 Å². The molecule has 0 aliphatic rings. The Balaban J connectivity index is 2.27. The summed E-state index contributed by atoms with van der Waals surface area (Å²) in [5.41, 5.74) is 5.55. The normalized spacial score (nSPS) is 10.5. The minimum atomic E-state index is -0.487. The van der Waals surface area contributed by atoms with E-state index in [4.69, 9.17) is 5.73 Å². The fourth-order valence-electron chi connectivity index (χ4n) is 1.23. The standard InChI is InChI=1S/C9H8F2N4/c10-7-1-2-8(11)6(3-7)4-15-5-9(12)13-14-15/h1-3,5H,4,12H2. The largest absolute Gasteiger partial charge is 0.381 e. The summed E-state index contributed by atoms with van der Waals surface area (Å²) in [5.74, 6) is -0.725. The fraction of sp³-hybridized carbons (Fsp3) is 0.111. The third-order valence-corrected chi connectivity index (χ3v) is 1.90. The van der Waals surface area contributed by atoms with Crippen LogP contribution in [0.4, 0.5) is 14.6 Å². The predicted octanol–water partition coefficient (Wildman–Crippen LogP) is 1.19. The molecule has 1 heterocycles. The molecule has 2 rings (SSSR count). The molecule has 2 aromatic rings. The highest BCUT2D eigenvalue weighted by Gasteiger charge is 2.05. The Bertz CT molecular complexity index is 481. The molecule has 15 heavy (non-hydrogen) atoms. The number of rotatable bonds is 2. The first-order valence-electron chi connectivity index (χ1n) is 4.24. The number of hydrogen-bond acceptors (Lipinski definition) is 3. The van der Waals surface area contributed by atoms with Crippen molar-refractivity contribution in [3.05, 3.63) is 41.6 Å². The fourth-order valence-corrected chi connectivity index (χ4v) is 1.23. The first-order chi connectivity index (χ1) is 7.15. The first kappa shape index (κ1) is 9.57. The molecule has 0 spiro atoms. The highest BCUT2D eigenvalue weighted by molar-refractivity contribution is 5.22. The lowest BCUT2D eigenvalue weighted by Crippen LogP contribution is -2.03. The molecule has 1 aromatic heterocycles. The molecule has 0 aliphatic carbocycles. The second-order valence-electron chi connectivity index (χ2n) is 3.08. The van der Waals surface area contributed by atoms with Gasteiger partial charge < -0.3 is 5.73 Å². The molecule has 0 atom stereocenters. The van der Waals surface area contributed by atoms with E-state index in [9.17, 15) is 8.78 Å². The van der Waals surface area contributed by atoms with E-state index >= 15 is 0 Å². The van der Waals surface area contributed by atoms with Crippen molar-refractivity contribution in [2.45, 2.75) is 6.54 Å². The van der Waals surface area contributed by atoms with Crippen molar-refractivity contribution in [1.82, 2.24) is 15.0 Å². The number of nitrogen functional groups attached to an aromatic ring is 1. The number of benzene rings is 1. The molecule has 0 saturated heterocycles. The van der Waals surface area contributed by atoms with Crippen LogP contribution in [0.2, 0.25) is 0 Å². The van der Waals surface area contributed by atoms with Gasteiger partial charge in [-0.2, -0.15) is 0 Å². The van der Waals surface area contributed by atoms with E-state index in [1.807, 2.05) is 0 Å².